The van der Waals surface area contributed by atoms with Gasteiger partial charge in [-0.05, 0) is 19.8 Å². The Bertz CT molecular complexity index is 159. The molecule has 0 saturated carbocycles. The van der Waals surface area contributed by atoms with Crippen molar-refractivity contribution in [2.45, 2.75) is 31.5 Å². The van der Waals surface area contributed by atoms with Crippen LogP contribution in [0.4, 0.5) is 13.2 Å². The molecule has 14 heavy (non-hydrogen) atoms. The Labute approximate surface area is 81.0 Å². The lowest BCUT2D eigenvalue weighted by molar-refractivity contribution is -0.174. The lowest BCUT2D eigenvalue weighted by Gasteiger charge is -2.21. The average molecular weight is 215 g/mol. The number of aliphatic hydroxyl groups excluding tert-OH is 1. The van der Waals surface area contributed by atoms with Crippen molar-refractivity contribution in [2.75, 3.05) is 19.8 Å². The summed E-state index contributed by atoms with van der Waals surface area (Å²) in [6, 6.07) is 0. The molecule has 86 valence electrons. The van der Waals surface area contributed by atoms with E-state index in [4.69, 9.17) is 10.8 Å². The van der Waals surface area contributed by atoms with Crippen LogP contribution in [-0.2, 0) is 4.74 Å². The van der Waals surface area contributed by atoms with Gasteiger partial charge in [-0.1, -0.05) is 0 Å². The van der Waals surface area contributed by atoms with Gasteiger partial charge < -0.3 is 15.6 Å². The number of rotatable bonds is 6. The maximum atomic E-state index is 11.6. The van der Waals surface area contributed by atoms with E-state index in [0.717, 1.165) is 0 Å². The highest BCUT2D eigenvalue weighted by atomic mass is 19.4. The molecule has 0 amide bonds. The van der Waals surface area contributed by atoms with Crippen molar-refractivity contribution < 1.29 is 23.0 Å². The van der Waals surface area contributed by atoms with E-state index in [9.17, 15) is 13.2 Å². The quantitative estimate of drug-likeness (QED) is 0.651. The molecule has 0 saturated heterocycles. The van der Waals surface area contributed by atoms with Crippen LogP contribution < -0.4 is 5.73 Å². The molecule has 0 bridgehead atoms. The predicted octanol–water partition coefficient (Wildman–Crippen LogP) is 1.06. The first-order valence-corrected chi connectivity index (χ1v) is 4.31. The Hall–Kier alpha value is -0.330. The van der Waals surface area contributed by atoms with Gasteiger partial charge >= 0.3 is 6.18 Å². The van der Waals surface area contributed by atoms with E-state index in [1.165, 1.54) is 0 Å². The largest absolute Gasteiger partial charge is 0.411 e. The zero-order valence-electron chi connectivity index (χ0n) is 8.10. The molecule has 0 aromatic heterocycles. The van der Waals surface area contributed by atoms with Crippen LogP contribution in [0.2, 0.25) is 0 Å². The fraction of sp³-hybridized carbons (Fsp3) is 1.00. The summed E-state index contributed by atoms with van der Waals surface area (Å²) < 4.78 is 39.2. The van der Waals surface area contributed by atoms with Crippen molar-refractivity contribution >= 4 is 0 Å². The second kappa shape index (κ2) is 5.53. The lowest BCUT2D eigenvalue weighted by Crippen LogP contribution is -2.40. The van der Waals surface area contributed by atoms with Gasteiger partial charge in [-0.15, -0.1) is 0 Å². The molecule has 0 aliphatic rings. The highest BCUT2D eigenvalue weighted by Gasteiger charge is 2.27. The lowest BCUT2D eigenvalue weighted by atomic mass is 9.99. The summed E-state index contributed by atoms with van der Waals surface area (Å²) in [5.41, 5.74) is 4.82. The number of hydrogen-bond acceptors (Lipinski definition) is 3. The smallest absolute Gasteiger partial charge is 0.394 e. The number of hydrogen-bond donors (Lipinski definition) is 2. The average Bonchev–Trinajstić information content (AvgIpc) is 2.01. The maximum absolute atomic E-state index is 11.6. The molecular weight excluding hydrogens is 199 g/mol. The van der Waals surface area contributed by atoms with Crippen LogP contribution in [0.5, 0.6) is 0 Å². The van der Waals surface area contributed by atoms with E-state index in [0.29, 0.717) is 12.8 Å². The Kier molecular flexibility index (Phi) is 5.40. The monoisotopic (exact) mass is 215 g/mol. The van der Waals surface area contributed by atoms with Gasteiger partial charge in [-0.2, -0.15) is 13.2 Å². The van der Waals surface area contributed by atoms with Crippen LogP contribution in [0.15, 0.2) is 0 Å². The van der Waals surface area contributed by atoms with Gasteiger partial charge in [-0.3, -0.25) is 0 Å². The SMILES string of the molecule is CC(N)(CO)CCCOCC(F)(F)F. The van der Waals surface area contributed by atoms with Crippen LogP contribution in [0, 0.1) is 0 Å². The van der Waals surface area contributed by atoms with Crippen LogP contribution in [0.25, 0.3) is 0 Å². The topological polar surface area (TPSA) is 55.5 Å². The molecule has 6 heteroatoms. The molecule has 1 unspecified atom stereocenters. The molecule has 0 aromatic carbocycles. The molecule has 3 nitrogen and oxygen atoms in total. The molecule has 0 aliphatic carbocycles. The standard InChI is InChI=1S/C8H16F3NO2/c1-7(12,5-13)3-2-4-14-6-8(9,10)11/h13H,2-6,12H2,1H3. The van der Waals surface area contributed by atoms with E-state index in [1.54, 1.807) is 6.92 Å². The van der Waals surface area contributed by atoms with Crippen LogP contribution in [0.3, 0.4) is 0 Å². The third kappa shape index (κ3) is 8.28. The zero-order valence-corrected chi connectivity index (χ0v) is 8.10. The van der Waals surface area contributed by atoms with Crippen molar-refractivity contribution in [2.24, 2.45) is 5.73 Å². The first-order valence-electron chi connectivity index (χ1n) is 4.31. The first kappa shape index (κ1) is 13.7. The molecule has 0 spiro atoms. The number of nitrogens with two attached hydrogens (primary N) is 1. The summed E-state index contributed by atoms with van der Waals surface area (Å²) in [6.45, 7) is 0.225. The minimum atomic E-state index is -4.27. The van der Waals surface area contributed by atoms with Gasteiger partial charge in [0.15, 0.2) is 0 Å². The van der Waals surface area contributed by atoms with E-state index in [2.05, 4.69) is 4.74 Å². The summed E-state index contributed by atoms with van der Waals surface area (Å²) in [7, 11) is 0. The minimum Gasteiger partial charge on any atom is -0.394 e. The van der Waals surface area contributed by atoms with E-state index in [1.807, 2.05) is 0 Å². The van der Waals surface area contributed by atoms with Crippen molar-refractivity contribution in [1.29, 1.82) is 0 Å². The third-order valence-corrected chi connectivity index (χ3v) is 1.66. The number of alkyl halides is 3. The second-order valence-electron chi connectivity index (χ2n) is 3.58. The fourth-order valence-electron chi connectivity index (χ4n) is 0.845. The summed E-state index contributed by atoms with van der Waals surface area (Å²) >= 11 is 0. The summed E-state index contributed by atoms with van der Waals surface area (Å²) in [6.07, 6.45) is -3.44. The summed E-state index contributed by atoms with van der Waals surface area (Å²) in [4.78, 5) is 0. The molecule has 0 aromatic rings. The minimum absolute atomic E-state index is 0.00625. The van der Waals surface area contributed by atoms with Gasteiger partial charge in [0.25, 0.3) is 0 Å². The van der Waals surface area contributed by atoms with Crippen LogP contribution in [-0.4, -0.2) is 36.6 Å². The summed E-state index contributed by atoms with van der Waals surface area (Å²) in [5.74, 6) is 0. The van der Waals surface area contributed by atoms with Crippen molar-refractivity contribution in [3.05, 3.63) is 0 Å². The number of ether oxygens (including phenoxy) is 1. The maximum Gasteiger partial charge on any atom is 0.411 e. The Balaban J connectivity index is 3.39. The highest BCUT2D eigenvalue weighted by Crippen LogP contribution is 2.15. The van der Waals surface area contributed by atoms with E-state index >= 15 is 0 Å². The van der Waals surface area contributed by atoms with Gasteiger partial charge in [0.05, 0.1) is 6.61 Å². The molecule has 0 radical (unpaired) electrons. The van der Waals surface area contributed by atoms with Crippen molar-refractivity contribution in [1.82, 2.24) is 0 Å². The zero-order chi connectivity index (χ0) is 11.2. The van der Waals surface area contributed by atoms with Crippen LogP contribution >= 0.6 is 0 Å². The van der Waals surface area contributed by atoms with E-state index in [-0.39, 0.29) is 13.2 Å². The Morgan fingerprint density at radius 2 is 1.93 bits per heavy atom. The van der Waals surface area contributed by atoms with Crippen molar-refractivity contribution in [3.63, 3.8) is 0 Å². The van der Waals surface area contributed by atoms with Gasteiger partial charge in [0.1, 0.15) is 6.61 Å². The molecule has 0 heterocycles. The van der Waals surface area contributed by atoms with Gasteiger partial charge in [0, 0.05) is 12.1 Å². The van der Waals surface area contributed by atoms with Crippen LogP contribution in [0.1, 0.15) is 19.8 Å². The van der Waals surface area contributed by atoms with Crippen molar-refractivity contribution in [3.8, 4) is 0 Å². The molecular formula is C8H16F3NO2. The highest BCUT2D eigenvalue weighted by molar-refractivity contribution is 4.76. The van der Waals surface area contributed by atoms with E-state index < -0.39 is 18.3 Å². The number of aliphatic hydroxyl groups is 1. The summed E-state index contributed by atoms with van der Waals surface area (Å²) in [5, 5.41) is 8.73. The molecule has 0 fully saturated rings. The van der Waals surface area contributed by atoms with Gasteiger partial charge in [0.2, 0.25) is 0 Å². The predicted molar refractivity (Wildman–Crippen MR) is 45.8 cm³/mol. The molecule has 3 N–H and O–H groups in total. The normalized spacial score (nSPS) is 16.7. The Morgan fingerprint density at radius 3 is 2.36 bits per heavy atom. The second-order valence-corrected chi connectivity index (χ2v) is 3.58. The Morgan fingerprint density at radius 1 is 1.36 bits per heavy atom. The fourth-order valence-corrected chi connectivity index (χ4v) is 0.845. The molecule has 0 aliphatic heterocycles. The molecule has 0 rings (SSSR count). The molecule has 1 atom stereocenters. The first-order chi connectivity index (χ1) is 6.27. The number of halogens is 3. The third-order valence-electron chi connectivity index (χ3n) is 1.66. The van der Waals surface area contributed by atoms with Gasteiger partial charge in [-0.25, -0.2) is 0 Å².